The molecule has 2 nitrogen and oxygen atoms in total. The van der Waals surface area contributed by atoms with Gasteiger partial charge in [0.05, 0.1) is 12.1 Å². The van der Waals surface area contributed by atoms with Crippen molar-refractivity contribution in [2.24, 2.45) is 22.1 Å². The summed E-state index contributed by atoms with van der Waals surface area (Å²) in [5.41, 5.74) is 0. The van der Waals surface area contributed by atoms with E-state index in [-0.39, 0.29) is 0 Å². The molecule has 2 atom stereocenters. The first-order valence-electron chi connectivity index (χ1n) is 10.6. The first-order chi connectivity index (χ1) is 11.9. The number of rotatable bonds is 2. The van der Waals surface area contributed by atoms with Crippen LogP contribution >= 0.6 is 0 Å². The average molecular weight is 329 g/mol. The molecule has 2 fully saturated rings. The van der Waals surface area contributed by atoms with E-state index >= 15 is 0 Å². The molecular weight excluding hydrogens is 292 g/mol. The zero-order chi connectivity index (χ0) is 16.5. The summed E-state index contributed by atoms with van der Waals surface area (Å²) in [6.45, 7) is 0. The third-order valence-corrected chi connectivity index (χ3v) is 6.34. The largest absolute Gasteiger partial charge is 0.190 e. The molecule has 134 valence electrons. The van der Waals surface area contributed by atoms with Crippen LogP contribution in [-0.4, -0.2) is 12.1 Å². The molecule has 0 amide bonds. The molecule has 2 heteroatoms. The van der Waals surface area contributed by atoms with Crippen LogP contribution in [0.1, 0.15) is 89.9 Å². The maximum absolute atomic E-state index is 4.98. The van der Waals surface area contributed by atoms with Crippen molar-refractivity contribution in [2.45, 2.75) is 102 Å². The first kappa shape index (κ1) is 17.9. The summed E-state index contributed by atoms with van der Waals surface area (Å²) in [5.74, 6) is 1.55. The molecule has 0 aromatic carbocycles. The van der Waals surface area contributed by atoms with Crippen LogP contribution in [0.3, 0.4) is 0 Å². The molecular formula is C22H36N2. The van der Waals surface area contributed by atoms with E-state index in [1.165, 1.54) is 77.0 Å². The fourth-order valence-electron chi connectivity index (χ4n) is 4.78. The van der Waals surface area contributed by atoms with Gasteiger partial charge in [-0.3, -0.25) is 0 Å². The molecule has 0 bridgehead atoms. The van der Waals surface area contributed by atoms with E-state index < -0.39 is 0 Å². The van der Waals surface area contributed by atoms with Gasteiger partial charge in [0.15, 0.2) is 0 Å². The molecule has 2 unspecified atom stereocenters. The van der Waals surface area contributed by atoms with Gasteiger partial charge < -0.3 is 0 Å². The molecule has 0 N–H and O–H groups in total. The number of hydrogen-bond donors (Lipinski definition) is 0. The van der Waals surface area contributed by atoms with Gasteiger partial charge >= 0.3 is 0 Å². The van der Waals surface area contributed by atoms with Gasteiger partial charge in [-0.2, -0.15) is 10.2 Å². The zero-order valence-corrected chi connectivity index (χ0v) is 15.4. The Morgan fingerprint density at radius 1 is 0.500 bits per heavy atom. The van der Waals surface area contributed by atoms with E-state index in [4.69, 9.17) is 10.2 Å². The monoisotopic (exact) mass is 328 g/mol. The Balaban J connectivity index is 1.71. The van der Waals surface area contributed by atoms with Gasteiger partial charge in [0.25, 0.3) is 0 Å². The van der Waals surface area contributed by atoms with E-state index in [9.17, 15) is 0 Å². The predicted octanol–water partition coefficient (Wildman–Crippen LogP) is 7.02. The summed E-state index contributed by atoms with van der Waals surface area (Å²) in [6.07, 6.45) is 27.9. The van der Waals surface area contributed by atoms with Gasteiger partial charge in [-0.15, -0.1) is 0 Å². The van der Waals surface area contributed by atoms with Crippen molar-refractivity contribution in [1.29, 1.82) is 0 Å². The molecule has 0 aromatic heterocycles. The number of nitrogens with zero attached hydrogens (tertiary/aromatic N) is 2. The van der Waals surface area contributed by atoms with Crippen LogP contribution in [0.2, 0.25) is 0 Å². The van der Waals surface area contributed by atoms with Gasteiger partial charge in [0.2, 0.25) is 0 Å². The van der Waals surface area contributed by atoms with Crippen LogP contribution in [-0.2, 0) is 0 Å². The minimum Gasteiger partial charge on any atom is -0.190 e. The molecule has 0 radical (unpaired) electrons. The third-order valence-electron chi connectivity index (χ3n) is 6.34. The summed E-state index contributed by atoms with van der Waals surface area (Å²) in [7, 11) is 0. The van der Waals surface area contributed by atoms with Crippen molar-refractivity contribution in [1.82, 2.24) is 0 Å². The number of hydrogen-bond acceptors (Lipinski definition) is 2. The Labute approximate surface area is 148 Å². The van der Waals surface area contributed by atoms with Crippen LogP contribution in [0.25, 0.3) is 0 Å². The van der Waals surface area contributed by atoms with Gasteiger partial charge in [0, 0.05) is 0 Å². The Kier molecular flexibility index (Phi) is 7.57. The molecule has 24 heavy (non-hydrogen) atoms. The summed E-state index contributed by atoms with van der Waals surface area (Å²) < 4.78 is 0. The van der Waals surface area contributed by atoms with Crippen LogP contribution < -0.4 is 0 Å². The van der Waals surface area contributed by atoms with Crippen molar-refractivity contribution >= 4 is 0 Å². The quantitative estimate of drug-likeness (QED) is 0.486. The molecule has 0 aromatic rings. The maximum Gasteiger partial charge on any atom is 0.0770 e. The lowest BCUT2D eigenvalue weighted by atomic mass is 9.82. The van der Waals surface area contributed by atoms with Crippen molar-refractivity contribution in [3.05, 3.63) is 24.3 Å². The van der Waals surface area contributed by atoms with E-state index in [1.54, 1.807) is 0 Å². The summed E-state index contributed by atoms with van der Waals surface area (Å²) >= 11 is 0. The second-order valence-corrected chi connectivity index (χ2v) is 8.15. The molecule has 1 aliphatic heterocycles. The van der Waals surface area contributed by atoms with Crippen molar-refractivity contribution < 1.29 is 0 Å². The third kappa shape index (κ3) is 5.57. The topological polar surface area (TPSA) is 24.7 Å². The fraction of sp³-hybridized carbons (Fsp3) is 0.818. The second kappa shape index (κ2) is 10.2. The molecule has 3 aliphatic rings. The highest BCUT2D eigenvalue weighted by Gasteiger charge is 2.25. The lowest BCUT2D eigenvalue weighted by Gasteiger charge is -2.29. The van der Waals surface area contributed by atoms with Crippen LogP contribution in [0.5, 0.6) is 0 Å². The molecule has 2 saturated carbocycles. The van der Waals surface area contributed by atoms with Crippen molar-refractivity contribution in [3.63, 3.8) is 0 Å². The Hall–Kier alpha value is -0.920. The van der Waals surface area contributed by atoms with Crippen LogP contribution in [0, 0.1) is 11.8 Å². The minimum absolute atomic E-state index is 0.441. The fourth-order valence-corrected chi connectivity index (χ4v) is 4.78. The zero-order valence-electron chi connectivity index (χ0n) is 15.4. The van der Waals surface area contributed by atoms with Gasteiger partial charge in [-0.05, 0) is 63.2 Å². The molecule has 0 saturated heterocycles. The number of allylic oxidation sites excluding steroid dienone is 2. The summed E-state index contributed by atoms with van der Waals surface area (Å²) in [6, 6.07) is 0.882. The highest BCUT2D eigenvalue weighted by Crippen LogP contribution is 2.33. The Morgan fingerprint density at radius 3 is 1.33 bits per heavy atom. The Bertz CT molecular complexity index is 385. The summed E-state index contributed by atoms with van der Waals surface area (Å²) in [5, 5.41) is 9.95. The van der Waals surface area contributed by atoms with Crippen LogP contribution in [0.15, 0.2) is 34.5 Å². The average Bonchev–Trinajstić information content (AvgIpc) is 2.64. The smallest absolute Gasteiger partial charge is 0.0770 e. The lowest BCUT2D eigenvalue weighted by Crippen LogP contribution is -2.24. The maximum atomic E-state index is 4.98. The highest BCUT2D eigenvalue weighted by molar-refractivity contribution is 4.95. The highest BCUT2D eigenvalue weighted by atomic mass is 15.1. The first-order valence-corrected chi connectivity index (χ1v) is 10.6. The standard InChI is InChI=1S/C22H36N2/c1-2-4-12-18-22(20-15-9-6-10-16-20)24-23-21(17-11-3-1)19-13-7-5-8-14-19/h3-4,11-12,19-22H,1-2,5-10,13-18H2/b11-3-,12-4-,24-23?. The van der Waals surface area contributed by atoms with Gasteiger partial charge in [-0.25, -0.2) is 0 Å². The van der Waals surface area contributed by atoms with E-state index in [0.717, 1.165) is 24.7 Å². The number of azo groups is 1. The normalized spacial score (nSPS) is 34.2. The second-order valence-electron chi connectivity index (χ2n) is 8.15. The minimum atomic E-state index is 0.441. The molecule has 0 spiro atoms. The summed E-state index contributed by atoms with van der Waals surface area (Å²) in [4.78, 5) is 0. The van der Waals surface area contributed by atoms with E-state index in [2.05, 4.69) is 24.3 Å². The van der Waals surface area contributed by atoms with Gasteiger partial charge in [-0.1, -0.05) is 62.8 Å². The van der Waals surface area contributed by atoms with Gasteiger partial charge in [0.1, 0.15) is 0 Å². The SMILES string of the molecule is C1=C\CC(C2CCCCC2)N=NC(C2CCCCC2)C/C=C\CC/1. The van der Waals surface area contributed by atoms with E-state index in [1.807, 2.05) is 0 Å². The van der Waals surface area contributed by atoms with Crippen LogP contribution in [0.4, 0.5) is 0 Å². The Morgan fingerprint density at radius 2 is 0.917 bits per heavy atom. The predicted molar refractivity (Wildman–Crippen MR) is 102 cm³/mol. The molecule has 2 aliphatic carbocycles. The van der Waals surface area contributed by atoms with E-state index in [0.29, 0.717) is 12.1 Å². The lowest BCUT2D eigenvalue weighted by molar-refractivity contribution is 0.275. The van der Waals surface area contributed by atoms with Crippen molar-refractivity contribution in [3.8, 4) is 0 Å². The van der Waals surface area contributed by atoms with Crippen molar-refractivity contribution in [2.75, 3.05) is 0 Å². The molecule has 1 heterocycles. The molecule has 3 rings (SSSR count).